The predicted octanol–water partition coefficient (Wildman–Crippen LogP) is 3.78. The van der Waals surface area contributed by atoms with Gasteiger partial charge in [0.2, 0.25) is 0 Å². The van der Waals surface area contributed by atoms with Gasteiger partial charge in [0.25, 0.3) is 0 Å². The molecular weight excluding hydrogens is 301 g/mol. The Morgan fingerprint density at radius 1 is 1.21 bits per heavy atom. The Kier molecular flexibility index (Phi) is 5.86. The number of rotatable bonds is 4. The summed E-state index contributed by atoms with van der Waals surface area (Å²) in [4.78, 5) is 5.03. The second-order valence-electron chi connectivity index (χ2n) is 7.50. The van der Waals surface area contributed by atoms with Crippen LogP contribution >= 0.6 is 0 Å². The van der Waals surface area contributed by atoms with Crippen molar-refractivity contribution in [3.63, 3.8) is 0 Å². The zero-order valence-electron chi connectivity index (χ0n) is 14.7. The van der Waals surface area contributed by atoms with Gasteiger partial charge in [-0.2, -0.15) is 5.26 Å². The zero-order chi connectivity index (χ0) is 16.9. The van der Waals surface area contributed by atoms with Gasteiger partial charge in [-0.15, -0.1) is 0 Å². The Labute approximate surface area is 145 Å². The van der Waals surface area contributed by atoms with Crippen molar-refractivity contribution in [2.75, 3.05) is 26.2 Å². The maximum Gasteiger partial charge on any atom is 0.129 e. The Morgan fingerprint density at radius 2 is 2.08 bits per heavy atom. The molecule has 0 aromatic heterocycles. The van der Waals surface area contributed by atoms with E-state index in [4.69, 9.17) is 5.26 Å². The van der Waals surface area contributed by atoms with Gasteiger partial charge in [-0.3, -0.25) is 4.90 Å². The molecular formula is C20H28FN3. The van der Waals surface area contributed by atoms with Crippen molar-refractivity contribution in [2.45, 2.75) is 51.6 Å². The smallest absolute Gasteiger partial charge is 0.129 e. The van der Waals surface area contributed by atoms with Gasteiger partial charge in [-0.1, -0.05) is 12.5 Å². The third kappa shape index (κ3) is 4.34. The van der Waals surface area contributed by atoms with Crippen LogP contribution in [0.1, 0.15) is 50.2 Å². The van der Waals surface area contributed by atoms with E-state index >= 15 is 0 Å². The number of halogens is 1. The molecule has 0 N–H and O–H groups in total. The Balaban J connectivity index is 1.56. The van der Waals surface area contributed by atoms with Crippen LogP contribution in [-0.2, 0) is 6.54 Å². The van der Waals surface area contributed by atoms with E-state index in [0.29, 0.717) is 29.6 Å². The van der Waals surface area contributed by atoms with Gasteiger partial charge in [0.15, 0.2) is 0 Å². The van der Waals surface area contributed by atoms with E-state index in [1.807, 2.05) is 6.07 Å². The lowest BCUT2D eigenvalue weighted by atomic mass is 9.94. The van der Waals surface area contributed by atoms with Crippen LogP contribution in [0.2, 0.25) is 0 Å². The largest absolute Gasteiger partial charge is 0.300 e. The summed E-state index contributed by atoms with van der Waals surface area (Å²) in [5, 5.41) is 8.85. The SMILES string of the molecule is CC1CCCCN1CC1CCCN(Cc2ccc(C#N)cc2F)C1. The number of nitrogens with zero attached hydrogens (tertiary/aromatic N) is 3. The van der Waals surface area contributed by atoms with Crippen LogP contribution in [0.4, 0.5) is 4.39 Å². The summed E-state index contributed by atoms with van der Waals surface area (Å²) in [5.41, 5.74) is 1.10. The first-order valence-electron chi connectivity index (χ1n) is 9.30. The van der Waals surface area contributed by atoms with E-state index in [9.17, 15) is 4.39 Å². The minimum Gasteiger partial charge on any atom is -0.300 e. The second kappa shape index (κ2) is 8.09. The number of piperidine rings is 2. The normalized spacial score (nSPS) is 26.2. The minimum atomic E-state index is -0.249. The van der Waals surface area contributed by atoms with Crippen LogP contribution in [0.3, 0.4) is 0 Å². The first-order valence-corrected chi connectivity index (χ1v) is 9.30. The molecule has 130 valence electrons. The van der Waals surface area contributed by atoms with Crippen molar-refractivity contribution in [1.82, 2.24) is 9.80 Å². The molecule has 2 heterocycles. The lowest BCUT2D eigenvalue weighted by molar-refractivity contribution is 0.0908. The van der Waals surface area contributed by atoms with E-state index in [1.54, 1.807) is 12.1 Å². The molecule has 2 saturated heterocycles. The van der Waals surface area contributed by atoms with Crippen molar-refractivity contribution >= 4 is 0 Å². The van der Waals surface area contributed by atoms with Crippen LogP contribution < -0.4 is 0 Å². The minimum absolute atomic E-state index is 0.249. The summed E-state index contributed by atoms with van der Waals surface area (Å²) in [6.45, 7) is 7.54. The third-order valence-electron chi connectivity index (χ3n) is 5.61. The number of likely N-dealkylation sites (tertiary alicyclic amines) is 2. The van der Waals surface area contributed by atoms with Gasteiger partial charge in [-0.25, -0.2) is 4.39 Å². The van der Waals surface area contributed by atoms with Crippen LogP contribution in [-0.4, -0.2) is 42.0 Å². The third-order valence-corrected chi connectivity index (χ3v) is 5.61. The van der Waals surface area contributed by atoms with E-state index in [2.05, 4.69) is 16.7 Å². The summed E-state index contributed by atoms with van der Waals surface area (Å²) in [6.07, 6.45) is 6.51. The lowest BCUT2D eigenvalue weighted by Crippen LogP contribution is -2.45. The molecule has 24 heavy (non-hydrogen) atoms. The molecule has 1 aromatic rings. The lowest BCUT2D eigenvalue weighted by Gasteiger charge is -2.39. The maximum atomic E-state index is 14.1. The first kappa shape index (κ1) is 17.4. The molecule has 1 aromatic carbocycles. The molecule has 2 aliphatic heterocycles. The fraction of sp³-hybridized carbons (Fsp3) is 0.650. The molecule has 2 aliphatic rings. The Hall–Kier alpha value is -1.44. The highest BCUT2D eigenvalue weighted by Crippen LogP contribution is 2.24. The van der Waals surface area contributed by atoms with Crippen molar-refractivity contribution in [3.8, 4) is 6.07 Å². The van der Waals surface area contributed by atoms with Gasteiger partial charge in [0.05, 0.1) is 11.6 Å². The van der Waals surface area contributed by atoms with Gasteiger partial charge in [0.1, 0.15) is 5.82 Å². The summed E-state index contributed by atoms with van der Waals surface area (Å²) in [7, 11) is 0. The number of nitriles is 1. The molecule has 0 amide bonds. The molecule has 0 spiro atoms. The number of benzene rings is 1. The average Bonchev–Trinajstić information content (AvgIpc) is 2.59. The molecule has 2 atom stereocenters. The van der Waals surface area contributed by atoms with Gasteiger partial charge in [-0.05, 0) is 63.7 Å². The first-order chi connectivity index (χ1) is 11.7. The van der Waals surface area contributed by atoms with Crippen molar-refractivity contribution in [1.29, 1.82) is 5.26 Å². The summed E-state index contributed by atoms with van der Waals surface area (Å²) < 4.78 is 14.1. The number of hydrogen-bond donors (Lipinski definition) is 0. The molecule has 0 radical (unpaired) electrons. The molecule has 4 heteroatoms. The van der Waals surface area contributed by atoms with E-state index in [0.717, 1.165) is 13.1 Å². The summed E-state index contributed by atoms with van der Waals surface area (Å²) >= 11 is 0. The van der Waals surface area contributed by atoms with Crippen LogP contribution in [0.25, 0.3) is 0 Å². The quantitative estimate of drug-likeness (QED) is 0.842. The van der Waals surface area contributed by atoms with Crippen LogP contribution in [0.5, 0.6) is 0 Å². The fourth-order valence-electron chi connectivity index (χ4n) is 4.19. The number of hydrogen-bond acceptors (Lipinski definition) is 3. The highest BCUT2D eigenvalue weighted by molar-refractivity contribution is 5.32. The molecule has 2 unspecified atom stereocenters. The van der Waals surface area contributed by atoms with Gasteiger partial charge in [0, 0.05) is 31.2 Å². The maximum absolute atomic E-state index is 14.1. The van der Waals surface area contributed by atoms with Gasteiger partial charge < -0.3 is 4.90 Å². The van der Waals surface area contributed by atoms with Crippen molar-refractivity contribution in [3.05, 3.63) is 35.1 Å². The molecule has 3 rings (SSSR count). The highest BCUT2D eigenvalue weighted by Gasteiger charge is 2.26. The second-order valence-corrected chi connectivity index (χ2v) is 7.50. The highest BCUT2D eigenvalue weighted by atomic mass is 19.1. The van der Waals surface area contributed by atoms with Crippen LogP contribution in [0.15, 0.2) is 18.2 Å². The zero-order valence-corrected chi connectivity index (χ0v) is 14.7. The van der Waals surface area contributed by atoms with Gasteiger partial charge >= 0.3 is 0 Å². The molecule has 0 saturated carbocycles. The molecule has 2 fully saturated rings. The van der Waals surface area contributed by atoms with Crippen molar-refractivity contribution in [2.24, 2.45) is 5.92 Å². The summed E-state index contributed by atoms with van der Waals surface area (Å²) in [6, 6.07) is 7.55. The molecule has 3 nitrogen and oxygen atoms in total. The molecule has 0 bridgehead atoms. The fourth-order valence-corrected chi connectivity index (χ4v) is 4.19. The average molecular weight is 329 g/mol. The topological polar surface area (TPSA) is 30.3 Å². The monoisotopic (exact) mass is 329 g/mol. The van der Waals surface area contributed by atoms with Crippen LogP contribution in [0, 0.1) is 23.1 Å². The molecule has 0 aliphatic carbocycles. The van der Waals surface area contributed by atoms with E-state index in [-0.39, 0.29) is 5.82 Å². The van der Waals surface area contributed by atoms with E-state index < -0.39 is 0 Å². The Morgan fingerprint density at radius 3 is 2.83 bits per heavy atom. The standard InChI is InChI=1S/C20H28FN3/c1-16-5-2-3-10-24(16)14-18-6-4-9-23(13-18)15-19-8-7-17(12-22)11-20(19)21/h7-8,11,16,18H,2-6,9-10,13-15H2,1H3. The predicted molar refractivity (Wildman–Crippen MR) is 94.0 cm³/mol. The summed E-state index contributed by atoms with van der Waals surface area (Å²) in [5.74, 6) is 0.446. The Bertz CT molecular complexity index is 595. The van der Waals surface area contributed by atoms with E-state index in [1.165, 1.54) is 51.3 Å². The van der Waals surface area contributed by atoms with Crippen molar-refractivity contribution < 1.29 is 4.39 Å².